The summed E-state index contributed by atoms with van der Waals surface area (Å²) < 4.78 is 6.21. The van der Waals surface area contributed by atoms with E-state index in [1.807, 2.05) is 0 Å². The molecule has 0 aliphatic carbocycles. The van der Waals surface area contributed by atoms with Crippen molar-refractivity contribution in [3.63, 3.8) is 0 Å². The second-order valence-electron chi connectivity index (χ2n) is 7.55. The standard InChI is InChI=1S/C24H28N2O/c1-3-20-12-7-13-21-15-22-17-26(14-8-11-19-9-5-4-6-10-19)16-18(2)27-24(22)25-23(20)21/h4-7,9-10,12-13,15,18H,3,8,11,14,16-17H2,1-2H3/t18-/m1/s1. The van der Waals surface area contributed by atoms with Crippen LogP contribution in [0.2, 0.25) is 0 Å². The molecule has 1 atom stereocenters. The molecule has 3 nitrogen and oxygen atoms in total. The summed E-state index contributed by atoms with van der Waals surface area (Å²) in [5.41, 5.74) is 5.00. The van der Waals surface area contributed by atoms with E-state index in [1.54, 1.807) is 0 Å². The maximum absolute atomic E-state index is 6.21. The molecule has 1 aliphatic rings. The highest BCUT2D eigenvalue weighted by molar-refractivity contribution is 5.83. The first-order valence-corrected chi connectivity index (χ1v) is 10.1. The lowest BCUT2D eigenvalue weighted by Gasteiger charge is -2.21. The van der Waals surface area contributed by atoms with Gasteiger partial charge in [0.05, 0.1) is 5.52 Å². The minimum atomic E-state index is 0.154. The Kier molecular flexibility index (Phi) is 5.40. The quantitative estimate of drug-likeness (QED) is 0.639. The molecule has 1 aromatic heterocycles. The van der Waals surface area contributed by atoms with Crippen LogP contribution in [0.3, 0.4) is 0 Å². The molecule has 1 aliphatic heterocycles. The van der Waals surface area contributed by atoms with Gasteiger partial charge in [-0.05, 0) is 49.9 Å². The zero-order chi connectivity index (χ0) is 18.6. The number of hydrogen-bond acceptors (Lipinski definition) is 3. The summed E-state index contributed by atoms with van der Waals surface area (Å²) in [6.45, 7) is 7.27. The van der Waals surface area contributed by atoms with Crippen LogP contribution in [0.5, 0.6) is 5.88 Å². The van der Waals surface area contributed by atoms with Crippen LogP contribution in [0.15, 0.2) is 54.6 Å². The number of aromatic nitrogens is 1. The van der Waals surface area contributed by atoms with Gasteiger partial charge >= 0.3 is 0 Å². The second kappa shape index (κ2) is 8.10. The van der Waals surface area contributed by atoms with Crippen LogP contribution in [0, 0.1) is 0 Å². The molecule has 4 rings (SSSR count). The van der Waals surface area contributed by atoms with Crippen molar-refractivity contribution in [3.05, 3.63) is 71.3 Å². The van der Waals surface area contributed by atoms with Crippen LogP contribution < -0.4 is 4.74 Å². The van der Waals surface area contributed by atoms with Crippen LogP contribution in [0.1, 0.15) is 37.0 Å². The molecule has 2 heterocycles. The van der Waals surface area contributed by atoms with Crippen LogP contribution in [-0.4, -0.2) is 29.1 Å². The molecule has 0 unspecified atom stereocenters. The van der Waals surface area contributed by atoms with Gasteiger partial charge < -0.3 is 4.74 Å². The van der Waals surface area contributed by atoms with E-state index >= 15 is 0 Å². The predicted octanol–water partition coefficient (Wildman–Crippen LogP) is 5.01. The number of hydrogen-bond donors (Lipinski definition) is 0. The zero-order valence-corrected chi connectivity index (χ0v) is 16.3. The third-order valence-electron chi connectivity index (χ3n) is 5.35. The Bertz CT molecular complexity index is 907. The summed E-state index contributed by atoms with van der Waals surface area (Å²) in [5.74, 6) is 0.821. The van der Waals surface area contributed by atoms with Gasteiger partial charge in [-0.3, -0.25) is 4.90 Å². The SMILES string of the molecule is CCc1cccc2cc3c(nc12)O[C@H](C)CN(CCCc1ccccc1)C3. The molecule has 0 bridgehead atoms. The summed E-state index contributed by atoms with van der Waals surface area (Å²) >= 11 is 0. The Morgan fingerprint density at radius 2 is 1.96 bits per heavy atom. The van der Waals surface area contributed by atoms with Crippen molar-refractivity contribution in [2.75, 3.05) is 13.1 Å². The van der Waals surface area contributed by atoms with Gasteiger partial charge in [0.1, 0.15) is 6.10 Å². The Labute approximate surface area is 162 Å². The third-order valence-corrected chi connectivity index (χ3v) is 5.35. The largest absolute Gasteiger partial charge is 0.473 e. The van der Waals surface area contributed by atoms with Crippen molar-refractivity contribution in [1.29, 1.82) is 0 Å². The number of benzene rings is 2. The first-order valence-electron chi connectivity index (χ1n) is 10.1. The maximum atomic E-state index is 6.21. The van der Waals surface area contributed by atoms with E-state index < -0.39 is 0 Å². The fourth-order valence-electron chi connectivity index (χ4n) is 4.01. The van der Waals surface area contributed by atoms with Crippen LogP contribution in [-0.2, 0) is 19.4 Å². The highest BCUT2D eigenvalue weighted by atomic mass is 16.5. The van der Waals surface area contributed by atoms with Crippen molar-refractivity contribution < 1.29 is 4.74 Å². The van der Waals surface area contributed by atoms with Crippen molar-refractivity contribution >= 4 is 10.9 Å². The normalized spacial score (nSPS) is 17.3. The number of fused-ring (bicyclic) bond motifs is 2. The Morgan fingerprint density at radius 1 is 1.11 bits per heavy atom. The first-order chi connectivity index (χ1) is 13.2. The van der Waals surface area contributed by atoms with Gasteiger partial charge in [0.25, 0.3) is 0 Å². The fourth-order valence-corrected chi connectivity index (χ4v) is 4.01. The van der Waals surface area contributed by atoms with Crippen LogP contribution >= 0.6 is 0 Å². The smallest absolute Gasteiger partial charge is 0.218 e. The number of nitrogens with zero attached hydrogens (tertiary/aromatic N) is 2. The number of pyridine rings is 1. The van der Waals surface area contributed by atoms with Crippen molar-refractivity contribution in [2.24, 2.45) is 0 Å². The van der Waals surface area contributed by atoms with Crippen molar-refractivity contribution in [3.8, 4) is 5.88 Å². The molecule has 3 heteroatoms. The van der Waals surface area contributed by atoms with E-state index in [-0.39, 0.29) is 6.10 Å². The molecule has 0 spiro atoms. The minimum Gasteiger partial charge on any atom is -0.473 e. The number of ether oxygens (including phenoxy) is 1. The molecule has 0 radical (unpaired) electrons. The fraction of sp³-hybridized carbons (Fsp3) is 0.375. The molecule has 0 fully saturated rings. The molecule has 0 N–H and O–H groups in total. The number of rotatable bonds is 5. The molecular weight excluding hydrogens is 332 g/mol. The summed E-state index contributed by atoms with van der Waals surface area (Å²) in [5, 5.41) is 1.22. The molecule has 140 valence electrons. The molecular formula is C24H28N2O. The topological polar surface area (TPSA) is 25.4 Å². The Morgan fingerprint density at radius 3 is 2.78 bits per heavy atom. The van der Waals surface area contributed by atoms with Gasteiger partial charge in [-0.2, -0.15) is 0 Å². The minimum absolute atomic E-state index is 0.154. The summed E-state index contributed by atoms with van der Waals surface area (Å²) in [7, 11) is 0. The Balaban J connectivity index is 1.52. The van der Waals surface area contributed by atoms with Crippen LogP contribution in [0.4, 0.5) is 0 Å². The maximum Gasteiger partial charge on any atom is 0.218 e. The van der Waals surface area contributed by atoms with Gasteiger partial charge in [-0.15, -0.1) is 0 Å². The molecule has 0 amide bonds. The Hall–Kier alpha value is -2.39. The molecule has 27 heavy (non-hydrogen) atoms. The summed E-state index contributed by atoms with van der Waals surface area (Å²) in [4.78, 5) is 7.42. The average molecular weight is 361 g/mol. The van der Waals surface area contributed by atoms with E-state index in [0.29, 0.717) is 0 Å². The third kappa shape index (κ3) is 4.14. The second-order valence-corrected chi connectivity index (χ2v) is 7.55. The predicted molar refractivity (Wildman–Crippen MR) is 111 cm³/mol. The van der Waals surface area contributed by atoms with Crippen molar-refractivity contribution in [2.45, 2.75) is 45.8 Å². The van der Waals surface area contributed by atoms with Crippen LogP contribution in [0.25, 0.3) is 10.9 Å². The lowest BCUT2D eigenvalue weighted by Crippen LogP contribution is -2.31. The highest BCUT2D eigenvalue weighted by Gasteiger charge is 2.22. The van der Waals surface area contributed by atoms with Gasteiger partial charge in [0.2, 0.25) is 5.88 Å². The van der Waals surface area contributed by atoms with E-state index in [2.05, 4.69) is 73.3 Å². The lowest BCUT2D eigenvalue weighted by molar-refractivity contribution is 0.156. The molecule has 3 aromatic rings. The number of aryl methyl sites for hydroxylation is 2. The van der Waals surface area contributed by atoms with E-state index in [9.17, 15) is 0 Å². The van der Waals surface area contributed by atoms with Gasteiger partial charge in [0, 0.05) is 24.0 Å². The lowest BCUT2D eigenvalue weighted by atomic mass is 10.1. The zero-order valence-electron chi connectivity index (χ0n) is 16.3. The highest BCUT2D eigenvalue weighted by Crippen LogP contribution is 2.29. The average Bonchev–Trinajstić information content (AvgIpc) is 2.83. The van der Waals surface area contributed by atoms with E-state index in [4.69, 9.17) is 9.72 Å². The molecule has 0 saturated heterocycles. The molecule has 2 aromatic carbocycles. The summed E-state index contributed by atoms with van der Waals surface area (Å²) in [6.07, 6.45) is 3.42. The number of para-hydroxylation sites is 1. The van der Waals surface area contributed by atoms with E-state index in [1.165, 1.54) is 22.1 Å². The van der Waals surface area contributed by atoms with E-state index in [0.717, 1.165) is 50.3 Å². The van der Waals surface area contributed by atoms with Gasteiger partial charge in [-0.25, -0.2) is 4.98 Å². The molecule has 0 saturated carbocycles. The monoisotopic (exact) mass is 360 g/mol. The van der Waals surface area contributed by atoms with Gasteiger partial charge in [-0.1, -0.05) is 55.5 Å². The first kappa shape index (κ1) is 18.0. The summed E-state index contributed by atoms with van der Waals surface area (Å²) in [6, 6.07) is 19.5. The van der Waals surface area contributed by atoms with Crippen molar-refractivity contribution in [1.82, 2.24) is 9.88 Å². The van der Waals surface area contributed by atoms with Gasteiger partial charge in [0.15, 0.2) is 0 Å².